The van der Waals surface area contributed by atoms with Gasteiger partial charge in [0.05, 0.1) is 0 Å². The number of rotatable bonds is 3. The maximum Gasteiger partial charge on any atom is -0.00258 e. The van der Waals surface area contributed by atoms with Gasteiger partial charge in [-0.2, -0.15) is 0 Å². The van der Waals surface area contributed by atoms with Gasteiger partial charge < -0.3 is 0 Å². The number of hydrogen-bond acceptors (Lipinski definition) is 0. The minimum absolute atomic E-state index is 0. The minimum Gasteiger partial charge on any atom is -0.0776 e. The maximum atomic E-state index is 2.16. The van der Waals surface area contributed by atoms with Crippen molar-refractivity contribution >= 4 is 0 Å². The molecular formula is C29H48. The van der Waals surface area contributed by atoms with Gasteiger partial charge in [-0.3, -0.25) is 0 Å². The maximum absolute atomic E-state index is 2.16. The summed E-state index contributed by atoms with van der Waals surface area (Å²) in [6, 6.07) is 31.5. The standard InChI is InChI=1S/C13H12.C8H10.C3H8.C2H6.3CH4/c1-3-7-12(8-4-1)11-13-9-5-2-6-10-13;1-2-8-6-4-3-5-7-8;1-3-2;1-2;;;/h1-10H,11H2;3-7H,2H2,1H3;3H2,1-2H3;1-2H3;3*1H4. The van der Waals surface area contributed by atoms with Crippen LogP contribution in [0.3, 0.4) is 0 Å². The molecule has 0 atom stereocenters. The van der Waals surface area contributed by atoms with Gasteiger partial charge in [0.2, 0.25) is 0 Å². The molecule has 3 rings (SSSR count). The SMILES string of the molecule is C.C.C.CC.CCC.CCc1ccccc1.c1ccc(Cc2ccccc2)cc1. The molecule has 0 aliphatic heterocycles. The highest BCUT2D eigenvalue weighted by molar-refractivity contribution is 5.25. The van der Waals surface area contributed by atoms with E-state index in [1.807, 2.05) is 19.9 Å². The van der Waals surface area contributed by atoms with Crippen LogP contribution < -0.4 is 0 Å². The summed E-state index contributed by atoms with van der Waals surface area (Å²) in [5.74, 6) is 0. The molecular weight excluding hydrogens is 348 g/mol. The molecule has 0 unspecified atom stereocenters. The highest BCUT2D eigenvalue weighted by Crippen LogP contribution is 2.07. The van der Waals surface area contributed by atoms with Gasteiger partial charge in [-0.1, -0.05) is 154 Å². The second-order valence-corrected chi connectivity index (χ2v) is 5.69. The lowest BCUT2D eigenvalue weighted by Gasteiger charge is -2.00. The van der Waals surface area contributed by atoms with E-state index in [0.29, 0.717) is 0 Å². The van der Waals surface area contributed by atoms with Gasteiger partial charge in [-0.25, -0.2) is 0 Å². The largest absolute Gasteiger partial charge is 0.0776 e. The molecule has 164 valence electrons. The van der Waals surface area contributed by atoms with E-state index in [-0.39, 0.29) is 22.3 Å². The summed E-state index contributed by atoms with van der Waals surface area (Å²) in [6.07, 6.45) is 3.42. The third kappa shape index (κ3) is 18.8. The Bertz CT molecular complexity index is 574. The summed E-state index contributed by atoms with van der Waals surface area (Å²) < 4.78 is 0. The van der Waals surface area contributed by atoms with E-state index in [0.717, 1.165) is 12.8 Å². The van der Waals surface area contributed by atoms with Crippen molar-refractivity contribution in [3.63, 3.8) is 0 Å². The lowest BCUT2D eigenvalue weighted by atomic mass is 10.1. The number of hydrogen-bond donors (Lipinski definition) is 0. The van der Waals surface area contributed by atoms with E-state index in [4.69, 9.17) is 0 Å². The van der Waals surface area contributed by atoms with Gasteiger partial charge in [0.15, 0.2) is 0 Å². The minimum atomic E-state index is 0. The van der Waals surface area contributed by atoms with Gasteiger partial charge >= 0.3 is 0 Å². The highest BCUT2D eigenvalue weighted by Gasteiger charge is 1.92. The Morgan fingerprint density at radius 3 is 0.897 bits per heavy atom. The molecule has 29 heavy (non-hydrogen) atoms. The Kier molecular flexibility index (Phi) is 30.2. The summed E-state index contributed by atoms with van der Waals surface area (Å²) in [5, 5.41) is 0. The first-order valence-electron chi connectivity index (χ1n) is 9.91. The average molecular weight is 397 g/mol. The second kappa shape index (κ2) is 25.7. The van der Waals surface area contributed by atoms with Crippen molar-refractivity contribution in [2.24, 2.45) is 0 Å². The number of benzene rings is 3. The highest BCUT2D eigenvalue weighted by atomic mass is 14.0. The Morgan fingerprint density at radius 2 is 0.690 bits per heavy atom. The summed E-state index contributed by atoms with van der Waals surface area (Å²) in [6.45, 7) is 10.4. The summed E-state index contributed by atoms with van der Waals surface area (Å²) >= 11 is 0. The third-order valence-corrected chi connectivity index (χ3v) is 3.34. The molecule has 0 heterocycles. The van der Waals surface area contributed by atoms with Gasteiger partial charge in [-0.15, -0.1) is 0 Å². The zero-order valence-corrected chi connectivity index (χ0v) is 17.3. The number of aryl methyl sites for hydroxylation is 1. The van der Waals surface area contributed by atoms with Crippen LogP contribution in [0, 0.1) is 0 Å². The van der Waals surface area contributed by atoms with E-state index in [1.54, 1.807) is 0 Å². The predicted octanol–water partition coefficient (Wildman–Crippen LogP) is 9.88. The zero-order valence-electron chi connectivity index (χ0n) is 17.3. The van der Waals surface area contributed by atoms with Crippen LogP contribution in [0.5, 0.6) is 0 Å². The van der Waals surface area contributed by atoms with Crippen LogP contribution in [-0.2, 0) is 12.8 Å². The molecule has 0 saturated carbocycles. The Balaban J connectivity index is -0.000000171. The molecule has 0 amide bonds. The molecule has 0 spiro atoms. The van der Waals surface area contributed by atoms with Crippen molar-refractivity contribution in [1.82, 2.24) is 0 Å². The smallest absolute Gasteiger partial charge is 0.00258 e. The summed E-state index contributed by atoms with van der Waals surface area (Å²) in [5.41, 5.74) is 4.15. The van der Waals surface area contributed by atoms with Crippen LogP contribution >= 0.6 is 0 Å². The molecule has 3 aromatic rings. The van der Waals surface area contributed by atoms with Crippen molar-refractivity contribution in [1.29, 1.82) is 0 Å². The third-order valence-electron chi connectivity index (χ3n) is 3.34. The molecule has 3 aromatic carbocycles. The fourth-order valence-electron chi connectivity index (χ4n) is 2.14. The first kappa shape index (κ1) is 34.2. The lowest BCUT2D eigenvalue weighted by molar-refractivity contribution is 1.09. The van der Waals surface area contributed by atoms with Crippen molar-refractivity contribution in [3.8, 4) is 0 Å². The fourth-order valence-corrected chi connectivity index (χ4v) is 2.14. The molecule has 0 aliphatic rings. The molecule has 0 bridgehead atoms. The summed E-state index contributed by atoms with van der Waals surface area (Å²) in [4.78, 5) is 0. The molecule has 0 saturated heterocycles. The van der Waals surface area contributed by atoms with E-state index < -0.39 is 0 Å². The molecule has 0 fully saturated rings. The van der Waals surface area contributed by atoms with Crippen LogP contribution in [0.25, 0.3) is 0 Å². The molecule has 0 radical (unpaired) electrons. The molecule has 0 N–H and O–H groups in total. The van der Waals surface area contributed by atoms with Gasteiger partial charge in [-0.05, 0) is 29.5 Å². The van der Waals surface area contributed by atoms with Crippen molar-refractivity contribution in [2.45, 2.75) is 76.2 Å². The normalized spacial score (nSPS) is 7.76. The van der Waals surface area contributed by atoms with E-state index >= 15 is 0 Å². The van der Waals surface area contributed by atoms with E-state index in [9.17, 15) is 0 Å². The van der Waals surface area contributed by atoms with Crippen LogP contribution in [0.15, 0.2) is 91.0 Å². The van der Waals surface area contributed by atoms with Crippen LogP contribution in [0.2, 0.25) is 0 Å². The van der Waals surface area contributed by atoms with Crippen molar-refractivity contribution in [2.75, 3.05) is 0 Å². The van der Waals surface area contributed by atoms with Crippen molar-refractivity contribution < 1.29 is 0 Å². The lowest BCUT2D eigenvalue weighted by Crippen LogP contribution is -1.85. The van der Waals surface area contributed by atoms with E-state index in [2.05, 4.69) is 106 Å². The topological polar surface area (TPSA) is 0 Å². The summed E-state index contributed by atoms with van der Waals surface area (Å²) in [7, 11) is 0. The zero-order chi connectivity index (χ0) is 19.5. The molecule has 0 heteroatoms. The molecule has 0 aliphatic carbocycles. The van der Waals surface area contributed by atoms with Crippen LogP contribution in [-0.4, -0.2) is 0 Å². The molecule has 0 aromatic heterocycles. The second-order valence-electron chi connectivity index (χ2n) is 5.69. The van der Waals surface area contributed by atoms with Crippen molar-refractivity contribution in [3.05, 3.63) is 108 Å². The predicted molar refractivity (Wildman–Crippen MR) is 139 cm³/mol. The fraction of sp³-hybridized carbons (Fsp3) is 0.379. The quantitative estimate of drug-likeness (QED) is 0.413. The van der Waals surface area contributed by atoms with Gasteiger partial charge in [0.25, 0.3) is 0 Å². The monoisotopic (exact) mass is 396 g/mol. The Labute approximate surface area is 184 Å². The first-order valence-corrected chi connectivity index (χ1v) is 9.91. The Hall–Kier alpha value is -2.34. The van der Waals surface area contributed by atoms with Gasteiger partial charge in [0, 0.05) is 0 Å². The average Bonchev–Trinajstić information content (AvgIpc) is 2.73. The molecule has 0 nitrogen and oxygen atoms in total. The van der Waals surface area contributed by atoms with Crippen LogP contribution in [0.4, 0.5) is 0 Å². The van der Waals surface area contributed by atoms with Gasteiger partial charge in [0.1, 0.15) is 0 Å². The first-order chi connectivity index (χ1) is 12.8. The van der Waals surface area contributed by atoms with Crippen LogP contribution in [0.1, 0.15) is 80.0 Å². The Morgan fingerprint density at radius 1 is 0.448 bits per heavy atom. The van der Waals surface area contributed by atoms with E-state index in [1.165, 1.54) is 23.1 Å².